The maximum atomic E-state index is 10.1. The molecule has 142 valence electrons. The molecule has 1 aliphatic heterocycles. The first-order valence-electron chi connectivity index (χ1n) is 10.2. The highest BCUT2D eigenvalue weighted by Gasteiger charge is 2.43. The molecule has 0 radical (unpaired) electrons. The van der Waals surface area contributed by atoms with Gasteiger partial charge in [0, 0.05) is 24.2 Å². The maximum Gasteiger partial charge on any atom is 0.0872 e. The van der Waals surface area contributed by atoms with Gasteiger partial charge >= 0.3 is 0 Å². The fourth-order valence-electron chi connectivity index (χ4n) is 5.25. The quantitative estimate of drug-likeness (QED) is 0.752. The Bertz CT molecular complexity index is 920. The molecule has 2 nitrogen and oxygen atoms in total. The van der Waals surface area contributed by atoms with Crippen LogP contribution < -0.4 is 0 Å². The van der Waals surface area contributed by atoms with Crippen LogP contribution in [-0.4, -0.2) is 28.7 Å². The van der Waals surface area contributed by atoms with Gasteiger partial charge in [0.05, 0.1) is 5.60 Å². The number of fused-ring (bicyclic) bond motifs is 1. The lowest BCUT2D eigenvalue weighted by atomic mass is 9.87. The Morgan fingerprint density at radius 2 is 1.81 bits per heavy atom. The van der Waals surface area contributed by atoms with Gasteiger partial charge in [-0.25, -0.2) is 0 Å². The highest BCUT2D eigenvalue weighted by Crippen LogP contribution is 2.47. The highest BCUT2D eigenvalue weighted by atomic mass is 35.5. The van der Waals surface area contributed by atoms with Crippen molar-refractivity contribution in [3.05, 3.63) is 57.1 Å². The minimum Gasteiger partial charge on any atom is -0.388 e. The van der Waals surface area contributed by atoms with E-state index in [2.05, 4.69) is 43.0 Å². The van der Waals surface area contributed by atoms with Crippen LogP contribution in [0.1, 0.15) is 66.0 Å². The molecule has 3 heteroatoms. The van der Waals surface area contributed by atoms with Crippen molar-refractivity contribution in [2.45, 2.75) is 64.0 Å². The lowest BCUT2D eigenvalue weighted by Crippen LogP contribution is -2.60. The van der Waals surface area contributed by atoms with Crippen LogP contribution in [-0.2, 0) is 6.42 Å². The van der Waals surface area contributed by atoms with Crippen LogP contribution in [0.5, 0.6) is 0 Å². The van der Waals surface area contributed by atoms with Crippen molar-refractivity contribution in [1.82, 2.24) is 4.90 Å². The fourth-order valence-corrected chi connectivity index (χ4v) is 5.58. The Hall–Kier alpha value is -1.35. The van der Waals surface area contributed by atoms with E-state index in [9.17, 15) is 5.11 Å². The smallest absolute Gasteiger partial charge is 0.0872 e. The predicted molar refractivity (Wildman–Crippen MR) is 112 cm³/mol. The molecule has 0 spiro atoms. The Morgan fingerprint density at radius 1 is 1.07 bits per heavy atom. The molecular weight excluding hydrogens is 354 g/mol. The van der Waals surface area contributed by atoms with E-state index >= 15 is 0 Å². The number of β-amino-alcohol motifs (C(OH)–C–C–N with tert-alkyl or cyclic N) is 1. The maximum absolute atomic E-state index is 10.1. The largest absolute Gasteiger partial charge is 0.388 e. The van der Waals surface area contributed by atoms with Crippen LogP contribution in [0.15, 0.2) is 24.3 Å². The highest BCUT2D eigenvalue weighted by molar-refractivity contribution is 6.31. The van der Waals surface area contributed by atoms with Crippen LogP contribution in [0.2, 0.25) is 5.02 Å². The first kappa shape index (κ1) is 17.7. The molecule has 1 heterocycles. The normalized spacial score (nSPS) is 24.0. The van der Waals surface area contributed by atoms with E-state index < -0.39 is 5.60 Å². The van der Waals surface area contributed by atoms with E-state index in [1.807, 2.05) is 6.92 Å². The third-order valence-electron chi connectivity index (χ3n) is 6.91. The van der Waals surface area contributed by atoms with Crippen molar-refractivity contribution in [2.75, 3.05) is 13.1 Å². The number of nitrogens with zero attached hydrogens (tertiary/aromatic N) is 1. The Kier molecular flexibility index (Phi) is 3.99. The molecule has 1 saturated heterocycles. The number of rotatable bonds is 3. The summed E-state index contributed by atoms with van der Waals surface area (Å²) in [4.78, 5) is 2.44. The van der Waals surface area contributed by atoms with Crippen LogP contribution in [0.4, 0.5) is 0 Å². The summed E-state index contributed by atoms with van der Waals surface area (Å²) in [7, 11) is 0. The van der Waals surface area contributed by atoms with E-state index in [1.54, 1.807) is 0 Å². The van der Waals surface area contributed by atoms with Crippen molar-refractivity contribution in [2.24, 2.45) is 0 Å². The van der Waals surface area contributed by atoms with Gasteiger partial charge in [0.15, 0.2) is 0 Å². The summed E-state index contributed by atoms with van der Waals surface area (Å²) in [6, 6.07) is 9.53. The lowest BCUT2D eigenvalue weighted by molar-refractivity contribution is -0.103. The average Bonchev–Trinajstić information content (AvgIpc) is 3.34. The summed E-state index contributed by atoms with van der Waals surface area (Å²) in [5.74, 6) is 0.684. The monoisotopic (exact) mass is 381 g/mol. The summed E-state index contributed by atoms with van der Waals surface area (Å²) in [6.07, 6.45) is 4.85. The zero-order valence-corrected chi connectivity index (χ0v) is 17.2. The summed E-state index contributed by atoms with van der Waals surface area (Å²) < 4.78 is 0. The van der Waals surface area contributed by atoms with Crippen LogP contribution >= 0.6 is 11.6 Å². The second kappa shape index (κ2) is 6.07. The van der Waals surface area contributed by atoms with E-state index in [0.29, 0.717) is 12.0 Å². The summed E-state index contributed by atoms with van der Waals surface area (Å²) in [5, 5.41) is 11.1. The van der Waals surface area contributed by atoms with E-state index in [4.69, 9.17) is 11.6 Å². The molecule has 2 aromatic rings. The SMILES string of the molecule is Cc1c(-c2ccc(C3CC3)c(Cl)c2)cc2c(c1C)[C@@H](N1CC(C)(O)C1)CC2. The zero-order valence-electron chi connectivity index (χ0n) is 16.5. The van der Waals surface area contributed by atoms with Gasteiger partial charge < -0.3 is 5.11 Å². The van der Waals surface area contributed by atoms with Crippen molar-refractivity contribution < 1.29 is 5.11 Å². The number of benzene rings is 2. The van der Waals surface area contributed by atoms with Crippen LogP contribution in [0.3, 0.4) is 0 Å². The minimum atomic E-state index is -0.508. The number of likely N-dealkylation sites (tertiary alicyclic amines) is 1. The van der Waals surface area contributed by atoms with Gasteiger partial charge in [-0.2, -0.15) is 0 Å². The summed E-state index contributed by atoms with van der Waals surface area (Å²) in [5.41, 5.74) is 9.14. The van der Waals surface area contributed by atoms with E-state index in [0.717, 1.165) is 31.0 Å². The number of aryl methyl sites for hydroxylation is 1. The van der Waals surface area contributed by atoms with Gasteiger partial charge in [-0.3, -0.25) is 4.90 Å². The third kappa shape index (κ3) is 2.93. The Labute approximate surface area is 167 Å². The van der Waals surface area contributed by atoms with E-state index in [-0.39, 0.29) is 0 Å². The molecule has 2 fully saturated rings. The lowest BCUT2D eigenvalue weighted by Gasteiger charge is -2.48. The van der Waals surface area contributed by atoms with Gasteiger partial charge in [0.25, 0.3) is 0 Å². The Balaban J connectivity index is 1.51. The molecule has 27 heavy (non-hydrogen) atoms. The molecule has 0 unspecified atom stereocenters. The second-order valence-electron chi connectivity index (χ2n) is 9.21. The van der Waals surface area contributed by atoms with E-state index in [1.165, 1.54) is 51.8 Å². The third-order valence-corrected chi connectivity index (χ3v) is 7.24. The second-order valence-corrected chi connectivity index (χ2v) is 9.62. The first-order valence-corrected chi connectivity index (χ1v) is 10.6. The molecule has 0 bridgehead atoms. The molecule has 1 atom stereocenters. The number of aliphatic hydroxyl groups is 1. The van der Waals surface area contributed by atoms with Crippen molar-refractivity contribution in [3.8, 4) is 11.1 Å². The molecule has 0 amide bonds. The Morgan fingerprint density at radius 3 is 2.44 bits per heavy atom. The molecule has 0 aromatic heterocycles. The number of hydrogen-bond donors (Lipinski definition) is 1. The topological polar surface area (TPSA) is 23.5 Å². The molecule has 2 aromatic carbocycles. The van der Waals surface area contributed by atoms with Crippen molar-refractivity contribution in [1.29, 1.82) is 0 Å². The minimum absolute atomic E-state index is 0.466. The molecule has 1 saturated carbocycles. The van der Waals surface area contributed by atoms with Crippen molar-refractivity contribution in [3.63, 3.8) is 0 Å². The molecule has 3 aliphatic rings. The van der Waals surface area contributed by atoms with Gasteiger partial charge in [-0.1, -0.05) is 29.8 Å². The molecule has 2 aliphatic carbocycles. The zero-order chi connectivity index (χ0) is 18.9. The van der Waals surface area contributed by atoms with Gasteiger partial charge in [-0.15, -0.1) is 0 Å². The van der Waals surface area contributed by atoms with Crippen LogP contribution in [0.25, 0.3) is 11.1 Å². The number of halogens is 1. The van der Waals surface area contributed by atoms with Gasteiger partial charge in [0.2, 0.25) is 0 Å². The van der Waals surface area contributed by atoms with Crippen LogP contribution in [0, 0.1) is 13.8 Å². The van der Waals surface area contributed by atoms with Crippen molar-refractivity contribution >= 4 is 11.6 Å². The predicted octanol–water partition coefficient (Wildman–Crippen LogP) is 5.56. The fraction of sp³-hybridized carbons (Fsp3) is 0.500. The molecule has 5 rings (SSSR count). The molecular formula is C24H28ClNO. The van der Waals surface area contributed by atoms with Gasteiger partial charge in [-0.05, 0) is 97.4 Å². The first-order chi connectivity index (χ1) is 12.8. The standard InChI is InChI=1S/C24H28ClNO/c1-14-15(2)23-18(7-9-22(23)26-12-24(3,27)13-26)10-20(14)17-6-8-19(16-4-5-16)21(25)11-17/h6,8,10-11,16,22,27H,4-5,7,9,12-13H2,1-3H3/t22-/m0/s1. The summed E-state index contributed by atoms with van der Waals surface area (Å²) >= 11 is 6.61. The summed E-state index contributed by atoms with van der Waals surface area (Å²) in [6.45, 7) is 8.03. The average molecular weight is 382 g/mol. The number of hydrogen-bond acceptors (Lipinski definition) is 2. The van der Waals surface area contributed by atoms with Gasteiger partial charge in [0.1, 0.15) is 0 Å². The molecule has 1 N–H and O–H groups in total.